The molecule has 2 nitrogen and oxygen atoms in total. The summed E-state index contributed by atoms with van der Waals surface area (Å²) >= 11 is 0. The van der Waals surface area contributed by atoms with Crippen molar-refractivity contribution in [3.05, 3.63) is 41.9 Å². The summed E-state index contributed by atoms with van der Waals surface area (Å²) in [6, 6.07) is 6.03. The van der Waals surface area contributed by atoms with Gasteiger partial charge >= 0.3 is 0 Å². The predicted octanol–water partition coefficient (Wildman–Crippen LogP) is 1.71. The number of hydrogen-bond acceptors (Lipinski definition) is 2. The Labute approximate surface area is 69.9 Å². The number of benzene rings is 1. The molecule has 0 saturated carbocycles. The predicted molar refractivity (Wildman–Crippen MR) is 40.6 cm³/mol. The van der Waals surface area contributed by atoms with E-state index in [9.17, 15) is 4.39 Å². The second kappa shape index (κ2) is 3.21. The molecule has 0 aliphatic carbocycles. The van der Waals surface area contributed by atoms with Crippen LogP contribution in [0.15, 0.2) is 24.3 Å². The van der Waals surface area contributed by atoms with E-state index >= 15 is 0 Å². The lowest BCUT2D eigenvalue weighted by atomic mass is 10.2. The van der Waals surface area contributed by atoms with Crippen molar-refractivity contribution < 1.29 is 13.9 Å². The third-order valence-electron chi connectivity index (χ3n) is 1.63. The maximum Gasteiger partial charge on any atom is 0.256 e. The number of ether oxygens (including phenoxy) is 2. The SMILES string of the molecule is Fc1ccc([C]2OCCO2)cc1. The monoisotopic (exact) mass is 167 g/mol. The van der Waals surface area contributed by atoms with Gasteiger partial charge < -0.3 is 9.47 Å². The molecule has 1 aliphatic rings. The minimum Gasteiger partial charge on any atom is -0.339 e. The van der Waals surface area contributed by atoms with Crippen molar-refractivity contribution in [1.29, 1.82) is 0 Å². The van der Waals surface area contributed by atoms with E-state index in [0.29, 0.717) is 19.5 Å². The van der Waals surface area contributed by atoms with Crippen LogP contribution in [0.2, 0.25) is 0 Å². The third-order valence-corrected chi connectivity index (χ3v) is 1.63. The lowest BCUT2D eigenvalue weighted by Crippen LogP contribution is -1.98. The van der Waals surface area contributed by atoms with Crippen molar-refractivity contribution in [2.45, 2.75) is 0 Å². The van der Waals surface area contributed by atoms with Crippen molar-refractivity contribution in [2.24, 2.45) is 0 Å². The van der Waals surface area contributed by atoms with E-state index in [0.717, 1.165) is 5.56 Å². The highest BCUT2D eigenvalue weighted by Crippen LogP contribution is 2.21. The molecule has 1 aliphatic heterocycles. The Morgan fingerprint density at radius 1 is 1.00 bits per heavy atom. The molecule has 1 aromatic carbocycles. The molecule has 2 rings (SSSR count). The molecule has 0 atom stereocenters. The minimum absolute atomic E-state index is 0.252. The van der Waals surface area contributed by atoms with Crippen molar-refractivity contribution in [2.75, 3.05) is 13.2 Å². The van der Waals surface area contributed by atoms with Crippen LogP contribution in [0.1, 0.15) is 5.56 Å². The topological polar surface area (TPSA) is 18.5 Å². The van der Waals surface area contributed by atoms with Gasteiger partial charge in [0.2, 0.25) is 0 Å². The van der Waals surface area contributed by atoms with Crippen LogP contribution in [-0.2, 0) is 9.47 Å². The van der Waals surface area contributed by atoms with Crippen molar-refractivity contribution >= 4 is 0 Å². The molecule has 0 unspecified atom stereocenters. The summed E-state index contributed by atoms with van der Waals surface area (Å²) in [6.45, 7) is 1.15. The first-order valence-corrected chi connectivity index (χ1v) is 3.75. The molecule has 63 valence electrons. The Bertz CT molecular complexity index is 252. The molecular weight excluding hydrogens is 159 g/mol. The van der Waals surface area contributed by atoms with Gasteiger partial charge in [-0.25, -0.2) is 4.39 Å². The lowest BCUT2D eigenvalue weighted by Gasteiger charge is -2.05. The Kier molecular flexibility index (Phi) is 2.06. The van der Waals surface area contributed by atoms with E-state index in [1.807, 2.05) is 0 Å². The highest BCUT2D eigenvalue weighted by molar-refractivity contribution is 5.25. The molecule has 1 aromatic rings. The van der Waals surface area contributed by atoms with Gasteiger partial charge in [-0.3, -0.25) is 0 Å². The summed E-state index contributed by atoms with van der Waals surface area (Å²) in [5.41, 5.74) is 0.786. The van der Waals surface area contributed by atoms with Gasteiger partial charge in [0.25, 0.3) is 6.29 Å². The second-order valence-electron chi connectivity index (χ2n) is 2.49. The quantitative estimate of drug-likeness (QED) is 0.633. The molecule has 0 N–H and O–H groups in total. The van der Waals surface area contributed by atoms with E-state index in [1.165, 1.54) is 12.1 Å². The summed E-state index contributed by atoms with van der Waals surface area (Å²) in [7, 11) is 0. The number of rotatable bonds is 1. The summed E-state index contributed by atoms with van der Waals surface area (Å²) in [5.74, 6) is -0.252. The van der Waals surface area contributed by atoms with Gasteiger partial charge in [0, 0.05) is 5.56 Å². The average Bonchev–Trinajstić information content (AvgIpc) is 2.58. The second-order valence-corrected chi connectivity index (χ2v) is 2.49. The number of hydrogen-bond donors (Lipinski definition) is 0. The van der Waals surface area contributed by atoms with Crippen LogP contribution in [0, 0.1) is 12.1 Å². The summed E-state index contributed by atoms with van der Waals surface area (Å²) < 4.78 is 22.8. The molecule has 1 radical (unpaired) electrons. The zero-order chi connectivity index (χ0) is 8.39. The normalized spacial score (nSPS) is 18.4. The van der Waals surface area contributed by atoms with Crippen LogP contribution in [0.3, 0.4) is 0 Å². The first-order chi connectivity index (χ1) is 5.86. The van der Waals surface area contributed by atoms with Gasteiger partial charge in [-0.15, -0.1) is 0 Å². The standard InChI is InChI=1S/C9H8FO2/c10-8-3-1-7(2-4-8)9-11-5-6-12-9/h1-4H,5-6H2. The lowest BCUT2D eigenvalue weighted by molar-refractivity contribution is 0.0997. The zero-order valence-electron chi connectivity index (χ0n) is 6.42. The molecule has 0 spiro atoms. The Morgan fingerprint density at radius 2 is 1.58 bits per heavy atom. The fourth-order valence-electron chi connectivity index (χ4n) is 1.06. The Hall–Kier alpha value is -0.930. The van der Waals surface area contributed by atoms with Gasteiger partial charge in [-0.2, -0.15) is 0 Å². The molecule has 12 heavy (non-hydrogen) atoms. The molecule has 0 bridgehead atoms. The minimum atomic E-state index is -0.252. The van der Waals surface area contributed by atoms with Crippen LogP contribution in [0.5, 0.6) is 0 Å². The largest absolute Gasteiger partial charge is 0.339 e. The van der Waals surface area contributed by atoms with E-state index in [-0.39, 0.29) is 5.82 Å². The summed E-state index contributed by atoms with van der Waals surface area (Å²) in [4.78, 5) is 0. The van der Waals surface area contributed by atoms with Crippen molar-refractivity contribution in [1.82, 2.24) is 0 Å². The summed E-state index contributed by atoms with van der Waals surface area (Å²) in [6.07, 6.45) is 0.495. The van der Waals surface area contributed by atoms with Crippen LogP contribution >= 0.6 is 0 Å². The third kappa shape index (κ3) is 1.47. The van der Waals surface area contributed by atoms with Crippen LogP contribution in [0.4, 0.5) is 4.39 Å². The average molecular weight is 167 g/mol. The van der Waals surface area contributed by atoms with E-state index in [1.54, 1.807) is 12.1 Å². The van der Waals surface area contributed by atoms with E-state index < -0.39 is 0 Å². The van der Waals surface area contributed by atoms with Gasteiger partial charge in [0.15, 0.2) is 0 Å². The van der Waals surface area contributed by atoms with E-state index in [4.69, 9.17) is 9.47 Å². The Morgan fingerprint density at radius 3 is 2.17 bits per heavy atom. The molecule has 1 heterocycles. The van der Waals surface area contributed by atoms with Gasteiger partial charge in [0.05, 0.1) is 13.2 Å². The fraction of sp³-hybridized carbons (Fsp3) is 0.222. The van der Waals surface area contributed by atoms with Gasteiger partial charge in [-0.05, 0) is 12.1 Å². The molecule has 1 saturated heterocycles. The first kappa shape index (κ1) is 7.71. The molecule has 0 aromatic heterocycles. The molecular formula is C9H8FO2. The van der Waals surface area contributed by atoms with Crippen LogP contribution in [-0.4, -0.2) is 13.2 Å². The van der Waals surface area contributed by atoms with E-state index in [2.05, 4.69) is 0 Å². The van der Waals surface area contributed by atoms with Gasteiger partial charge in [-0.1, -0.05) is 12.1 Å². The van der Waals surface area contributed by atoms with Crippen LogP contribution in [0.25, 0.3) is 0 Å². The highest BCUT2D eigenvalue weighted by Gasteiger charge is 2.19. The number of halogens is 1. The first-order valence-electron chi connectivity index (χ1n) is 3.75. The molecule has 3 heteroatoms. The maximum absolute atomic E-state index is 12.5. The van der Waals surface area contributed by atoms with Crippen molar-refractivity contribution in [3.8, 4) is 0 Å². The smallest absolute Gasteiger partial charge is 0.256 e. The highest BCUT2D eigenvalue weighted by atomic mass is 19.1. The fourth-order valence-corrected chi connectivity index (χ4v) is 1.06. The zero-order valence-corrected chi connectivity index (χ0v) is 6.42. The Balaban J connectivity index is 2.17. The van der Waals surface area contributed by atoms with Gasteiger partial charge in [0.1, 0.15) is 5.82 Å². The molecule has 0 amide bonds. The van der Waals surface area contributed by atoms with Crippen molar-refractivity contribution in [3.63, 3.8) is 0 Å². The maximum atomic E-state index is 12.5. The summed E-state index contributed by atoms with van der Waals surface area (Å²) in [5, 5.41) is 0. The molecule has 1 fully saturated rings. The van der Waals surface area contributed by atoms with Crippen LogP contribution < -0.4 is 0 Å².